The third kappa shape index (κ3) is 3.26. The maximum absolute atomic E-state index is 11.7. The van der Waals surface area contributed by atoms with Crippen molar-refractivity contribution in [3.8, 4) is 0 Å². The molecule has 0 saturated heterocycles. The molecule has 0 aliphatic carbocycles. The van der Waals surface area contributed by atoms with Crippen LogP contribution in [0.3, 0.4) is 0 Å². The predicted molar refractivity (Wildman–Crippen MR) is 69.2 cm³/mol. The van der Waals surface area contributed by atoms with Crippen LogP contribution in [0.15, 0.2) is 0 Å². The smallest absolute Gasteiger partial charge is 0.350 e. The van der Waals surface area contributed by atoms with E-state index >= 15 is 0 Å². The molecule has 0 saturated carbocycles. The van der Waals surface area contributed by atoms with Gasteiger partial charge in [-0.15, -0.1) is 11.3 Å². The minimum absolute atomic E-state index is 0.0732. The zero-order valence-electron chi connectivity index (χ0n) is 11.0. The lowest BCUT2D eigenvalue weighted by Gasteiger charge is -2.24. The van der Waals surface area contributed by atoms with Gasteiger partial charge in [0, 0.05) is 0 Å². The van der Waals surface area contributed by atoms with Crippen molar-refractivity contribution in [2.75, 3.05) is 6.61 Å². The molecule has 0 spiro atoms. The topological polar surface area (TPSA) is 65.2 Å². The SMILES string of the molecule is CCOC(=O)c1sc(C(N)C(C)(C)C)nc1C. The highest BCUT2D eigenvalue weighted by Gasteiger charge is 2.27. The first-order valence-electron chi connectivity index (χ1n) is 5.67. The first-order valence-corrected chi connectivity index (χ1v) is 6.49. The van der Waals surface area contributed by atoms with E-state index in [-0.39, 0.29) is 17.4 Å². The molecule has 17 heavy (non-hydrogen) atoms. The zero-order valence-corrected chi connectivity index (χ0v) is 11.9. The van der Waals surface area contributed by atoms with Crippen LogP contribution in [0.25, 0.3) is 0 Å². The van der Waals surface area contributed by atoms with Crippen molar-refractivity contribution < 1.29 is 9.53 Å². The number of nitrogens with zero attached hydrogens (tertiary/aromatic N) is 1. The van der Waals surface area contributed by atoms with Crippen LogP contribution in [0.1, 0.15) is 54.1 Å². The number of hydrogen-bond donors (Lipinski definition) is 1. The summed E-state index contributed by atoms with van der Waals surface area (Å²) in [7, 11) is 0. The number of nitrogens with two attached hydrogens (primary N) is 1. The van der Waals surface area contributed by atoms with Crippen molar-refractivity contribution in [3.63, 3.8) is 0 Å². The molecule has 0 aliphatic heterocycles. The summed E-state index contributed by atoms with van der Waals surface area (Å²) in [5, 5.41) is 0.790. The number of aromatic nitrogens is 1. The summed E-state index contributed by atoms with van der Waals surface area (Å²) in [5.41, 5.74) is 6.75. The fraction of sp³-hybridized carbons (Fsp3) is 0.667. The fourth-order valence-electron chi connectivity index (χ4n) is 1.31. The third-order valence-corrected chi connectivity index (χ3v) is 3.69. The third-order valence-electron chi connectivity index (χ3n) is 2.47. The highest BCUT2D eigenvalue weighted by Crippen LogP contribution is 2.34. The van der Waals surface area contributed by atoms with Gasteiger partial charge in [0.05, 0.1) is 18.3 Å². The van der Waals surface area contributed by atoms with Gasteiger partial charge in [0.1, 0.15) is 9.88 Å². The van der Waals surface area contributed by atoms with E-state index in [1.54, 1.807) is 6.92 Å². The second-order valence-corrected chi connectivity index (χ2v) is 6.06. The van der Waals surface area contributed by atoms with Crippen LogP contribution in [0.5, 0.6) is 0 Å². The molecule has 1 heterocycles. The monoisotopic (exact) mass is 256 g/mol. The molecule has 4 nitrogen and oxygen atoms in total. The number of ether oxygens (including phenoxy) is 1. The number of carbonyl (C=O) groups is 1. The molecular weight excluding hydrogens is 236 g/mol. The van der Waals surface area contributed by atoms with Gasteiger partial charge in [0.15, 0.2) is 0 Å². The standard InChI is InChI=1S/C12H20N2O2S/c1-6-16-11(15)8-7(2)14-10(17-8)9(13)12(3,4)5/h9H,6,13H2,1-5H3. The van der Waals surface area contributed by atoms with Gasteiger partial charge in [-0.2, -0.15) is 0 Å². The van der Waals surface area contributed by atoms with Crippen molar-refractivity contribution in [3.05, 3.63) is 15.6 Å². The minimum atomic E-state index is -0.310. The predicted octanol–water partition coefficient (Wildman–Crippen LogP) is 2.67. The Morgan fingerprint density at radius 2 is 2.12 bits per heavy atom. The van der Waals surface area contributed by atoms with E-state index in [2.05, 4.69) is 25.8 Å². The van der Waals surface area contributed by atoms with E-state index < -0.39 is 0 Å². The highest BCUT2D eigenvalue weighted by molar-refractivity contribution is 7.13. The normalized spacial score (nSPS) is 13.5. The van der Waals surface area contributed by atoms with Crippen molar-refractivity contribution in [1.29, 1.82) is 0 Å². The molecule has 1 rings (SSSR count). The van der Waals surface area contributed by atoms with E-state index in [0.717, 1.165) is 5.01 Å². The molecule has 2 N–H and O–H groups in total. The lowest BCUT2D eigenvalue weighted by molar-refractivity contribution is 0.0531. The molecule has 96 valence electrons. The van der Waals surface area contributed by atoms with E-state index in [0.29, 0.717) is 17.2 Å². The van der Waals surface area contributed by atoms with Gasteiger partial charge in [-0.05, 0) is 19.3 Å². The summed E-state index contributed by atoms with van der Waals surface area (Å²) in [5.74, 6) is -0.310. The summed E-state index contributed by atoms with van der Waals surface area (Å²) in [6.07, 6.45) is 0. The van der Waals surface area contributed by atoms with Crippen LogP contribution in [0.2, 0.25) is 0 Å². The highest BCUT2D eigenvalue weighted by atomic mass is 32.1. The molecule has 0 radical (unpaired) electrons. The number of rotatable bonds is 3. The molecule has 1 aromatic heterocycles. The van der Waals surface area contributed by atoms with E-state index in [9.17, 15) is 4.79 Å². The van der Waals surface area contributed by atoms with Crippen molar-refractivity contribution >= 4 is 17.3 Å². The van der Waals surface area contributed by atoms with Crippen molar-refractivity contribution in [2.24, 2.45) is 11.1 Å². The number of hydrogen-bond acceptors (Lipinski definition) is 5. The van der Waals surface area contributed by atoms with Crippen LogP contribution < -0.4 is 5.73 Å². The molecule has 0 aromatic carbocycles. The Kier molecular flexibility index (Phi) is 4.27. The quantitative estimate of drug-likeness (QED) is 0.844. The molecule has 1 unspecified atom stereocenters. The summed E-state index contributed by atoms with van der Waals surface area (Å²) in [6, 6.07) is -0.172. The van der Waals surface area contributed by atoms with Crippen LogP contribution in [-0.2, 0) is 4.74 Å². The maximum Gasteiger partial charge on any atom is 0.350 e. The lowest BCUT2D eigenvalue weighted by atomic mass is 9.88. The first kappa shape index (κ1) is 14.1. The Bertz CT molecular complexity index is 407. The zero-order chi connectivity index (χ0) is 13.2. The van der Waals surface area contributed by atoms with Crippen molar-refractivity contribution in [2.45, 2.75) is 40.7 Å². The van der Waals surface area contributed by atoms with Gasteiger partial charge in [0.2, 0.25) is 0 Å². The van der Waals surface area contributed by atoms with Gasteiger partial charge in [-0.25, -0.2) is 9.78 Å². The van der Waals surface area contributed by atoms with Gasteiger partial charge >= 0.3 is 5.97 Å². The molecule has 5 heteroatoms. The number of thiazole rings is 1. The van der Waals surface area contributed by atoms with Crippen molar-refractivity contribution in [1.82, 2.24) is 4.98 Å². The van der Waals surface area contributed by atoms with E-state index in [1.807, 2.05) is 6.92 Å². The molecule has 1 atom stereocenters. The van der Waals surface area contributed by atoms with Crippen LogP contribution >= 0.6 is 11.3 Å². The second kappa shape index (κ2) is 5.14. The molecule has 0 fully saturated rings. The molecule has 0 aliphatic rings. The maximum atomic E-state index is 11.7. The van der Waals surface area contributed by atoms with Gasteiger partial charge in [-0.3, -0.25) is 0 Å². The van der Waals surface area contributed by atoms with Crippen LogP contribution in [0.4, 0.5) is 0 Å². The fourth-order valence-corrected chi connectivity index (χ4v) is 2.51. The average molecular weight is 256 g/mol. The number of esters is 1. The van der Waals surface area contributed by atoms with Gasteiger partial charge in [0.25, 0.3) is 0 Å². The van der Waals surface area contributed by atoms with Gasteiger partial charge in [-0.1, -0.05) is 20.8 Å². The van der Waals surface area contributed by atoms with E-state index in [4.69, 9.17) is 10.5 Å². The first-order chi connectivity index (χ1) is 7.77. The van der Waals surface area contributed by atoms with E-state index in [1.165, 1.54) is 11.3 Å². The Balaban J connectivity index is 3.00. The Labute approximate surface area is 106 Å². The minimum Gasteiger partial charge on any atom is -0.462 e. The average Bonchev–Trinajstić information content (AvgIpc) is 2.58. The summed E-state index contributed by atoms with van der Waals surface area (Å²) < 4.78 is 4.98. The number of carbonyl (C=O) groups excluding carboxylic acids is 1. The van der Waals surface area contributed by atoms with Crippen LogP contribution in [-0.4, -0.2) is 17.6 Å². The Morgan fingerprint density at radius 1 is 1.53 bits per heavy atom. The lowest BCUT2D eigenvalue weighted by Crippen LogP contribution is -2.26. The molecule has 0 amide bonds. The second-order valence-electron chi connectivity index (χ2n) is 5.03. The largest absolute Gasteiger partial charge is 0.462 e. The summed E-state index contributed by atoms with van der Waals surface area (Å²) in [4.78, 5) is 16.6. The molecular formula is C12H20N2O2S. The number of aryl methyl sites for hydroxylation is 1. The Morgan fingerprint density at radius 3 is 2.59 bits per heavy atom. The molecule has 0 bridgehead atoms. The summed E-state index contributed by atoms with van der Waals surface area (Å²) >= 11 is 1.33. The van der Waals surface area contributed by atoms with Crippen LogP contribution in [0, 0.1) is 12.3 Å². The van der Waals surface area contributed by atoms with Gasteiger partial charge < -0.3 is 10.5 Å². The Hall–Kier alpha value is -0.940. The molecule has 1 aromatic rings. The summed E-state index contributed by atoms with van der Waals surface area (Å²) in [6.45, 7) is 10.1.